The van der Waals surface area contributed by atoms with Crippen LogP contribution in [0.1, 0.15) is 0 Å². The number of benzene rings is 2. The van der Waals surface area contributed by atoms with E-state index in [9.17, 15) is 41.6 Å². The first-order valence-corrected chi connectivity index (χ1v) is 8.57. The molecule has 0 fully saturated rings. The summed E-state index contributed by atoms with van der Waals surface area (Å²) in [6, 6.07) is 3.42. The highest BCUT2D eigenvalue weighted by Gasteiger charge is 2.38. The largest absolute Gasteiger partial charge is 0.306 e. The summed E-state index contributed by atoms with van der Waals surface area (Å²) in [5.74, 6) is 0. The van der Waals surface area contributed by atoms with Crippen LogP contribution in [0.5, 0.6) is 0 Å². The SMILES string of the molecule is O=[N+]([O-])c1cccc2cc(S(=O)(=O)O)c(S(=O)(=O)O)c([N+](=O)[O-])c12. The van der Waals surface area contributed by atoms with Crippen LogP contribution in [-0.2, 0) is 20.2 Å². The van der Waals surface area contributed by atoms with Crippen molar-refractivity contribution in [2.75, 3.05) is 0 Å². The van der Waals surface area contributed by atoms with E-state index in [1.54, 1.807) is 0 Å². The van der Waals surface area contributed by atoms with E-state index in [2.05, 4.69) is 0 Å². The van der Waals surface area contributed by atoms with Gasteiger partial charge in [0.05, 0.1) is 9.85 Å². The number of nitrogens with zero attached hydrogens (tertiary/aromatic N) is 2. The number of nitro benzene ring substituents is 2. The lowest BCUT2D eigenvalue weighted by Crippen LogP contribution is -2.12. The molecule has 128 valence electrons. The average molecular weight is 378 g/mol. The summed E-state index contributed by atoms with van der Waals surface area (Å²) >= 11 is 0. The second-order valence-electron chi connectivity index (χ2n) is 4.39. The van der Waals surface area contributed by atoms with Gasteiger partial charge < -0.3 is 0 Å². The lowest BCUT2D eigenvalue weighted by atomic mass is 10.1. The lowest BCUT2D eigenvalue weighted by Gasteiger charge is -2.09. The molecule has 0 atom stereocenters. The fourth-order valence-electron chi connectivity index (χ4n) is 2.14. The van der Waals surface area contributed by atoms with Gasteiger partial charge in [-0.25, -0.2) is 0 Å². The minimum absolute atomic E-state index is 0.393. The van der Waals surface area contributed by atoms with Crippen molar-refractivity contribution in [3.05, 3.63) is 44.5 Å². The molecule has 0 saturated carbocycles. The van der Waals surface area contributed by atoms with Gasteiger partial charge in [-0.1, -0.05) is 12.1 Å². The van der Waals surface area contributed by atoms with Crippen molar-refractivity contribution in [3.63, 3.8) is 0 Å². The Balaban J connectivity index is 3.33. The molecule has 2 rings (SSSR count). The Morgan fingerprint density at radius 3 is 1.92 bits per heavy atom. The van der Waals surface area contributed by atoms with Gasteiger partial charge in [-0.15, -0.1) is 0 Å². The number of hydrogen-bond donors (Lipinski definition) is 2. The normalized spacial score (nSPS) is 12.2. The number of nitro groups is 2. The van der Waals surface area contributed by atoms with E-state index in [0.717, 1.165) is 18.2 Å². The molecular formula is C10H6N2O10S2. The van der Waals surface area contributed by atoms with Gasteiger partial charge in [0.2, 0.25) is 0 Å². The van der Waals surface area contributed by atoms with Crippen molar-refractivity contribution in [2.45, 2.75) is 9.79 Å². The quantitative estimate of drug-likeness (QED) is 0.442. The van der Waals surface area contributed by atoms with Gasteiger partial charge in [0.15, 0.2) is 4.90 Å². The Bertz CT molecular complexity index is 1100. The molecule has 0 radical (unpaired) electrons. The molecule has 0 heterocycles. The molecule has 0 saturated heterocycles. The zero-order chi connectivity index (χ0) is 18.4. The van der Waals surface area contributed by atoms with Crippen LogP contribution in [0.3, 0.4) is 0 Å². The Morgan fingerprint density at radius 1 is 0.917 bits per heavy atom. The number of rotatable bonds is 4. The predicted octanol–water partition coefficient (Wildman–Crippen LogP) is 1.15. The number of hydrogen-bond acceptors (Lipinski definition) is 8. The van der Waals surface area contributed by atoms with Crippen molar-refractivity contribution in [2.24, 2.45) is 0 Å². The summed E-state index contributed by atoms with van der Waals surface area (Å²) in [4.78, 5) is 16.6. The molecule has 0 aliphatic rings. The molecule has 0 unspecified atom stereocenters. The minimum Gasteiger partial charge on any atom is -0.282 e. The summed E-state index contributed by atoms with van der Waals surface area (Å²) in [5.41, 5.74) is -2.42. The predicted molar refractivity (Wildman–Crippen MR) is 76.9 cm³/mol. The monoisotopic (exact) mass is 378 g/mol. The van der Waals surface area contributed by atoms with E-state index in [1.807, 2.05) is 0 Å². The van der Waals surface area contributed by atoms with Crippen molar-refractivity contribution < 1.29 is 35.8 Å². The molecule has 0 aromatic heterocycles. The van der Waals surface area contributed by atoms with Gasteiger partial charge in [-0.05, 0) is 11.5 Å². The van der Waals surface area contributed by atoms with Crippen molar-refractivity contribution in [3.8, 4) is 0 Å². The third-order valence-corrected chi connectivity index (χ3v) is 4.89. The van der Waals surface area contributed by atoms with Crippen molar-refractivity contribution in [1.82, 2.24) is 0 Å². The zero-order valence-corrected chi connectivity index (χ0v) is 12.8. The van der Waals surface area contributed by atoms with Crippen LogP contribution < -0.4 is 0 Å². The Morgan fingerprint density at radius 2 is 1.50 bits per heavy atom. The van der Waals surface area contributed by atoms with Crippen molar-refractivity contribution >= 4 is 42.4 Å². The maximum absolute atomic E-state index is 11.5. The standard InChI is InChI=1S/C10H6N2O10S2/c13-11(14)6-3-1-2-5-4-7(23(17,18)19)10(24(20,21)22)9(8(5)6)12(15)16/h1-4H,(H,17,18,19)(H,20,21,22). The van der Waals surface area contributed by atoms with E-state index >= 15 is 0 Å². The summed E-state index contributed by atoms with van der Waals surface area (Å²) in [6.45, 7) is 0. The topological polar surface area (TPSA) is 195 Å². The van der Waals surface area contributed by atoms with E-state index in [1.165, 1.54) is 0 Å². The van der Waals surface area contributed by atoms with Crippen LogP contribution in [0, 0.1) is 20.2 Å². The first-order chi connectivity index (χ1) is 10.9. The Kier molecular flexibility index (Phi) is 4.01. The molecule has 12 nitrogen and oxygen atoms in total. The fourth-order valence-corrected chi connectivity index (χ4v) is 4.11. The molecule has 0 bridgehead atoms. The first kappa shape index (κ1) is 17.7. The van der Waals surface area contributed by atoms with Crippen LogP contribution in [0.15, 0.2) is 34.1 Å². The minimum atomic E-state index is -5.53. The number of fused-ring (bicyclic) bond motifs is 1. The number of non-ortho nitro benzene ring substituents is 1. The summed E-state index contributed by atoms with van der Waals surface area (Å²) in [6.07, 6.45) is 0. The van der Waals surface area contributed by atoms with Crippen LogP contribution in [0.4, 0.5) is 11.4 Å². The van der Waals surface area contributed by atoms with Gasteiger partial charge in [0, 0.05) is 6.07 Å². The van der Waals surface area contributed by atoms with E-state index in [0.29, 0.717) is 6.07 Å². The highest BCUT2D eigenvalue weighted by molar-refractivity contribution is 7.89. The van der Waals surface area contributed by atoms with Crippen LogP contribution in [0.25, 0.3) is 10.8 Å². The smallest absolute Gasteiger partial charge is 0.282 e. The molecule has 2 aromatic rings. The summed E-state index contributed by atoms with van der Waals surface area (Å²) in [7, 11) is -10.8. The average Bonchev–Trinajstić information content (AvgIpc) is 2.42. The molecule has 14 heteroatoms. The third-order valence-electron chi connectivity index (χ3n) is 2.95. The summed E-state index contributed by atoms with van der Waals surface area (Å²) in [5, 5.41) is 21.1. The lowest BCUT2D eigenvalue weighted by molar-refractivity contribution is -0.392. The molecule has 2 aromatic carbocycles. The summed E-state index contributed by atoms with van der Waals surface area (Å²) < 4.78 is 63.9. The van der Waals surface area contributed by atoms with Gasteiger partial charge in [-0.3, -0.25) is 29.3 Å². The highest BCUT2D eigenvalue weighted by atomic mass is 32.2. The molecule has 0 spiro atoms. The molecule has 0 aliphatic heterocycles. The molecule has 0 aliphatic carbocycles. The van der Waals surface area contributed by atoms with Gasteiger partial charge in [0.1, 0.15) is 10.3 Å². The van der Waals surface area contributed by atoms with Crippen LogP contribution in [0.2, 0.25) is 0 Å². The molecule has 0 amide bonds. The third kappa shape index (κ3) is 2.90. The van der Waals surface area contributed by atoms with Gasteiger partial charge in [0.25, 0.3) is 15.8 Å². The zero-order valence-electron chi connectivity index (χ0n) is 11.2. The van der Waals surface area contributed by atoms with Crippen LogP contribution >= 0.6 is 0 Å². The maximum Gasteiger partial charge on any atom is 0.306 e. The van der Waals surface area contributed by atoms with Crippen molar-refractivity contribution in [1.29, 1.82) is 0 Å². The highest BCUT2D eigenvalue weighted by Crippen LogP contribution is 2.41. The molecule has 24 heavy (non-hydrogen) atoms. The Hall–Kier alpha value is -2.68. The molecular weight excluding hydrogens is 372 g/mol. The fraction of sp³-hybridized carbons (Fsp3) is 0. The Labute approximate surface area is 133 Å². The maximum atomic E-state index is 11.5. The first-order valence-electron chi connectivity index (χ1n) is 5.69. The van der Waals surface area contributed by atoms with Crippen LogP contribution in [-0.4, -0.2) is 35.8 Å². The second-order valence-corrected chi connectivity index (χ2v) is 7.14. The van der Waals surface area contributed by atoms with E-state index in [-0.39, 0.29) is 0 Å². The van der Waals surface area contributed by atoms with E-state index in [4.69, 9.17) is 4.55 Å². The van der Waals surface area contributed by atoms with Gasteiger partial charge in [-0.2, -0.15) is 16.8 Å². The van der Waals surface area contributed by atoms with Gasteiger partial charge >= 0.3 is 15.8 Å². The molecule has 2 N–H and O–H groups in total. The van der Waals surface area contributed by atoms with E-state index < -0.39 is 62.0 Å². The second kappa shape index (κ2) is 5.45.